The SMILES string of the molecule is CC(C)n1c(C2CCCN(C(=O)C3CCC(=O)N3)C2)nn(C)c1=O. The van der Waals surface area contributed by atoms with Crippen molar-refractivity contribution in [1.82, 2.24) is 24.6 Å². The molecule has 3 rings (SSSR count). The fraction of sp³-hybridized carbons (Fsp3) is 0.750. The zero-order valence-corrected chi connectivity index (χ0v) is 14.5. The first-order chi connectivity index (χ1) is 11.4. The van der Waals surface area contributed by atoms with Crippen LogP contribution >= 0.6 is 0 Å². The number of nitrogens with one attached hydrogen (secondary N) is 1. The van der Waals surface area contributed by atoms with E-state index in [0.717, 1.165) is 18.7 Å². The average Bonchev–Trinajstić information content (AvgIpc) is 3.11. The molecule has 0 bridgehead atoms. The lowest BCUT2D eigenvalue weighted by Gasteiger charge is -2.34. The minimum absolute atomic E-state index is 0.0140. The summed E-state index contributed by atoms with van der Waals surface area (Å²) in [5.41, 5.74) is -0.119. The number of piperidine rings is 1. The molecule has 2 saturated heterocycles. The summed E-state index contributed by atoms with van der Waals surface area (Å²) in [5.74, 6) is 0.738. The monoisotopic (exact) mass is 335 g/mol. The number of aryl methyl sites for hydroxylation is 1. The zero-order chi connectivity index (χ0) is 17.4. The summed E-state index contributed by atoms with van der Waals surface area (Å²) in [6, 6.07) is -0.367. The molecule has 132 valence electrons. The first-order valence-corrected chi connectivity index (χ1v) is 8.62. The third kappa shape index (κ3) is 2.97. The van der Waals surface area contributed by atoms with E-state index in [0.29, 0.717) is 25.9 Å². The standard InChI is InChI=1S/C16H25N5O3/c1-10(2)21-14(18-19(3)16(21)24)11-5-4-8-20(9-11)15(23)12-6-7-13(22)17-12/h10-12H,4-9H2,1-3H3,(H,17,22). The predicted octanol–water partition coefficient (Wildman–Crippen LogP) is 0.147. The molecule has 0 aliphatic carbocycles. The molecule has 0 radical (unpaired) electrons. The van der Waals surface area contributed by atoms with Crippen LogP contribution in [0.5, 0.6) is 0 Å². The van der Waals surface area contributed by atoms with Gasteiger partial charge in [-0.15, -0.1) is 0 Å². The van der Waals surface area contributed by atoms with Gasteiger partial charge in [-0.2, -0.15) is 5.10 Å². The molecule has 0 aromatic carbocycles. The van der Waals surface area contributed by atoms with Crippen LogP contribution in [0, 0.1) is 0 Å². The maximum Gasteiger partial charge on any atom is 0.345 e. The van der Waals surface area contributed by atoms with Crippen LogP contribution in [-0.4, -0.2) is 50.2 Å². The summed E-state index contributed by atoms with van der Waals surface area (Å²) >= 11 is 0. The van der Waals surface area contributed by atoms with Gasteiger partial charge in [0, 0.05) is 38.5 Å². The van der Waals surface area contributed by atoms with Crippen LogP contribution in [-0.2, 0) is 16.6 Å². The van der Waals surface area contributed by atoms with Crippen LogP contribution in [0.1, 0.15) is 57.3 Å². The summed E-state index contributed by atoms with van der Waals surface area (Å²) in [4.78, 5) is 38.1. The lowest BCUT2D eigenvalue weighted by molar-refractivity contribution is -0.135. The largest absolute Gasteiger partial charge is 0.345 e. The smallest absolute Gasteiger partial charge is 0.344 e. The van der Waals surface area contributed by atoms with Crippen molar-refractivity contribution in [3.8, 4) is 0 Å². The molecule has 1 aromatic heterocycles. The molecule has 0 spiro atoms. The summed E-state index contributed by atoms with van der Waals surface area (Å²) in [5, 5.41) is 7.16. The molecular weight excluding hydrogens is 310 g/mol. The summed E-state index contributed by atoms with van der Waals surface area (Å²) < 4.78 is 3.09. The number of likely N-dealkylation sites (tertiary alicyclic amines) is 1. The number of amides is 2. The number of aromatic nitrogens is 3. The van der Waals surface area contributed by atoms with Gasteiger partial charge in [-0.1, -0.05) is 0 Å². The Morgan fingerprint density at radius 2 is 2.04 bits per heavy atom. The molecule has 2 aliphatic heterocycles. The first-order valence-electron chi connectivity index (χ1n) is 8.62. The highest BCUT2D eigenvalue weighted by atomic mass is 16.2. The van der Waals surface area contributed by atoms with Crippen molar-refractivity contribution in [2.75, 3.05) is 13.1 Å². The molecule has 1 aromatic rings. The third-order valence-electron chi connectivity index (χ3n) is 4.89. The van der Waals surface area contributed by atoms with Gasteiger partial charge in [0.1, 0.15) is 11.9 Å². The van der Waals surface area contributed by atoms with E-state index >= 15 is 0 Å². The van der Waals surface area contributed by atoms with Crippen LogP contribution in [0.3, 0.4) is 0 Å². The topological polar surface area (TPSA) is 89.2 Å². The highest BCUT2D eigenvalue weighted by molar-refractivity contribution is 5.90. The van der Waals surface area contributed by atoms with E-state index in [1.54, 1.807) is 11.6 Å². The summed E-state index contributed by atoms with van der Waals surface area (Å²) in [6.45, 7) is 5.17. The van der Waals surface area contributed by atoms with Gasteiger partial charge in [0.25, 0.3) is 0 Å². The number of nitrogens with zero attached hydrogens (tertiary/aromatic N) is 4. The van der Waals surface area contributed by atoms with Gasteiger partial charge >= 0.3 is 5.69 Å². The van der Waals surface area contributed by atoms with Crippen molar-refractivity contribution < 1.29 is 9.59 Å². The van der Waals surface area contributed by atoms with Crippen molar-refractivity contribution in [2.24, 2.45) is 7.05 Å². The maximum absolute atomic E-state index is 12.6. The van der Waals surface area contributed by atoms with Crippen molar-refractivity contribution >= 4 is 11.8 Å². The van der Waals surface area contributed by atoms with Gasteiger partial charge in [0.2, 0.25) is 11.8 Å². The molecule has 8 nitrogen and oxygen atoms in total. The Morgan fingerprint density at radius 3 is 2.67 bits per heavy atom. The van der Waals surface area contributed by atoms with Crippen LogP contribution in [0.25, 0.3) is 0 Å². The highest BCUT2D eigenvalue weighted by Crippen LogP contribution is 2.27. The highest BCUT2D eigenvalue weighted by Gasteiger charge is 2.35. The van der Waals surface area contributed by atoms with Gasteiger partial charge in [0.15, 0.2) is 0 Å². The van der Waals surface area contributed by atoms with Crippen LogP contribution in [0.4, 0.5) is 0 Å². The van der Waals surface area contributed by atoms with Crippen LogP contribution < -0.4 is 11.0 Å². The number of hydrogen-bond donors (Lipinski definition) is 1. The van der Waals surface area contributed by atoms with E-state index in [1.165, 1.54) is 4.68 Å². The van der Waals surface area contributed by atoms with Crippen molar-refractivity contribution in [3.63, 3.8) is 0 Å². The maximum atomic E-state index is 12.6. The molecule has 8 heteroatoms. The molecule has 2 atom stereocenters. The second-order valence-corrected chi connectivity index (χ2v) is 7.01. The average molecular weight is 335 g/mol. The lowest BCUT2D eigenvalue weighted by Crippen LogP contribution is -2.48. The summed E-state index contributed by atoms with van der Waals surface area (Å²) in [6.07, 6.45) is 2.77. The number of rotatable bonds is 3. The Labute approximate surface area is 140 Å². The normalized spacial score (nSPS) is 24.5. The van der Waals surface area contributed by atoms with Gasteiger partial charge in [-0.25, -0.2) is 9.48 Å². The van der Waals surface area contributed by atoms with Gasteiger partial charge < -0.3 is 10.2 Å². The Morgan fingerprint density at radius 1 is 1.29 bits per heavy atom. The molecule has 1 N–H and O–H groups in total. The van der Waals surface area contributed by atoms with Crippen molar-refractivity contribution in [3.05, 3.63) is 16.3 Å². The zero-order valence-electron chi connectivity index (χ0n) is 14.5. The predicted molar refractivity (Wildman–Crippen MR) is 87.6 cm³/mol. The van der Waals surface area contributed by atoms with E-state index in [-0.39, 0.29) is 29.5 Å². The lowest BCUT2D eigenvalue weighted by atomic mass is 9.96. The third-order valence-corrected chi connectivity index (χ3v) is 4.89. The molecule has 2 unspecified atom stereocenters. The van der Waals surface area contributed by atoms with Crippen molar-refractivity contribution in [2.45, 2.75) is 57.5 Å². The van der Waals surface area contributed by atoms with Gasteiger partial charge in [0.05, 0.1) is 0 Å². The number of hydrogen-bond acceptors (Lipinski definition) is 4. The Hall–Kier alpha value is -2.12. The quantitative estimate of drug-likeness (QED) is 0.851. The Balaban J connectivity index is 1.79. The van der Waals surface area contributed by atoms with Gasteiger partial charge in [-0.3, -0.25) is 14.2 Å². The molecule has 2 amide bonds. The fourth-order valence-electron chi connectivity index (χ4n) is 3.67. The second-order valence-electron chi connectivity index (χ2n) is 7.01. The summed E-state index contributed by atoms with van der Waals surface area (Å²) in [7, 11) is 1.66. The van der Waals surface area contributed by atoms with E-state index in [1.807, 2.05) is 18.7 Å². The second kappa shape index (κ2) is 6.41. The molecule has 0 saturated carbocycles. The van der Waals surface area contributed by atoms with E-state index in [9.17, 15) is 14.4 Å². The first kappa shape index (κ1) is 16.7. The van der Waals surface area contributed by atoms with E-state index in [2.05, 4.69) is 10.4 Å². The van der Waals surface area contributed by atoms with E-state index in [4.69, 9.17) is 0 Å². The number of carbonyl (C=O) groups excluding carboxylic acids is 2. The van der Waals surface area contributed by atoms with Crippen LogP contribution in [0.2, 0.25) is 0 Å². The van der Waals surface area contributed by atoms with E-state index < -0.39 is 6.04 Å². The number of carbonyl (C=O) groups is 2. The molecular formula is C16H25N5O3. The molecule has 2 aliphatic rings. The molecule has 24 heavy (non-hydrogen) atoms. The fourth-order valence-corrected chi connectivity index (χ4v) is 3.67. The van der Waals surface area contributed by atoms with Gasteiger partial charge in [-0.05, 0) is 33.1 Å². The minimum Gasteiger partial charge on any atom is -0.344 e. The van der Waals surface area contributed by atoms with Crippen LogP contribution in [0.15, 0.2) is 4.79 Å². The Kier molecular flexibility index (Phi) is 4.47. The minimum atomic E-state index is -0.396. The Bertz CT molecular complexity index is 705. The molecule has 3 heterocycles. The molecule has 2 fully saturated rings. The van der Waals surface area contributed by atoms with Crippen molar-refractivity contribution in [1.29, 1.82) is 0 Å².